The van der Waals surface area contributed by atoms with Crippen LogP contribution in [0.4, 0.5) is 0 Å². The number of sulfone groups is 1. The summed E-state index contributed by atoms with van der Waals surface area (Å²) in [5.74, 6) is 2.42. The molecule has 1 saturated heterocycles. The van der Waals surface area contributed by atoms with Crippen LogP contribution < -0.4 is 4.74 Å². The summed E-state index contributed by atoms with van der Waals surface area (Å²) in [6.07, 6.45) is 1.31. The Balaban J connectivity index is 1.89. The predicted octanol–water partition coefficient (Wildman–Crippen LogP) is 2.25. The van der Waals surface area contributed by atoms with Gasteiger partial charge in [0.15, 0.2) is 9.84 Å². The van der Waals surface area contributed by atoms with Crippen LogP contribution >= 0.6 is 27.7 Å². The molecule has 7 heteroatoms. The van der Waals surface area contributed by atoms with Crippen LogP contribution in [-0.4, -0.2) is 56.1 Å². The Labute approximate surface area is 132 Å². The third-order valence-corrected chi connectivity index (χ3v) is 6.31. The maximum Gasteiger partial charge on any atom is 0.164 e. The van der Waals surface area contributed by atoms with Crippen molar-refractivity contribution in [3.63, 3.8) is 0 Å². The molecule has 4 nitrogen and oxygen atoms in total. The molecule has 1 aromatic rings. The summed E-state index contributed by atoms with van der Waals surface area (Å²) in [7, 11) is -3.03. The van der Waals surface area contributed by atoms with Gasteiger partial charge in [-0.15, -0.1) is 0 Å². The first-order valence-electron chi connectivity index (χ1n) is 6.36. The van der Waals surface area contributed by atoms with E-state index in [1.54, 1.807) is 11.8 Å². The van der Waals surface area contributed by atoms with E-state index in [0.29, 0.717) is 18.9 Å². The molecule has 1 atom stereocenters. The van der Waals surface area contributed by atoms with Crippen molar-refractivity contribution in [2.75, 3.05) is 37.5 Å². The average Bonchev–Trinajstić information content (AvgIpc) is 2.38. The number of benzene rings is 1. The number of ether oxygens (including phenoxy) is 1. The molecule has 1 unspecified atom stereocenters. The number of hydrogen-bond donors (Lipinski definition) is 0. The van der Waals surface area contributed by atoms with Crippen LogP contribution in [0, 0.1) is 0 Å². The van der Waals surface area contributed by atoms with Gasteiger partial charge in [0.1, 0.15) is 17.7 Å². The van der Waals surface area contributed by atoms with E-state index in [-0.39, 0.29) is 5.37 Å². The summed E-state index contributed by atoms with van der Waals surface area (Å²) in [6, 6.07) is 7.65. The molecule has 1 aliphatic rings. The smallest absolute Gasteiger partial charge is 0.164 e. The highest BCUT2D eigenvalue weighted by atomic mass is 79.9. The summed E-state index contributed by atoms with van der Waals surface area (Å²) in [6.45, 7) is 1.92. The van der Waals surface area contributed by atoms with Crippen LogP contribution in [0.3, 0.4) is 0 Å². The van der Waals surface area contributed by atoms with Gasteiger partial charge < -0.3 is 4.74 Å². The molecule has 0 spiro atoms. The van der Waals surface area contributed by atoms with E-state index in [1.807, 2.05) is 29.2 Å². The summed E-state index contributed by atoms with van der Waals surface area (Å²) in [4.78, 5) is 2.00. The molecule has 0 bridgehead atoms. The molecule has 0 amide bonds. The molecule has 1 heterocycles. The minimum Gasteiger partial charge on any atom is -0.492 e. The third-order valence-electron chi connectivity index (χ3n) is 3.13. The van der Waals surface area contributed by atoms with Gasteiger partial charge in [-0.1, -0.05) is 22.0 Å². The Hall–Kier alpha value is -0.240. The highest BCUT2D eigenvalue weighted by Gasteiger charge is 2.30. The lowest BCUT2D eigenvalue weighted by atomic mass is 10.3. The van der Waals surface area contributed by atoms with Crippen LogP contribution in [0.1, 0.15) is 0 Å². The quantitative estimate of drug-likeness (QED) is 0.784. The Kier molecular flexibility index (Phi) is 5.77. The summed E-state index contributed by atoms with van der Waals surface area (Å²) in [5, 5.41) is -0.382. The Morgan fingerprint density at radius 2 is 2.30 bits per heavy atom. The molecule has 1 aromatic carbocycles. The summed E-state index contributed by atoms with van der Waals surface area (Å²) in [5.41, 5.74) is 0. The van der Waals surface area contributed by atoms with E-state index in [9.17, 15) is 8.42 Å². The minimum atomic E-state index is -3.03. The fourth-order valence-corrected chi connectivity index (χ4v) is 5.45. The molecule has 1 aliphatic heterocycles. The maximum absolute atomic E-state index is 11.8. The van der Waals surface area contributed by atoms with Crippen LogP contribution in [-0.2, 0) is 9.84 Å². The van der Waals surface area contributed by atoms with Crippen molar-refractivity contribution in [2.24, 2.45) is 0 Å². The zero-order valence-corrected chi connectivity index (χ0v) is 14.5. The van der Waals surface area contributed by atoms with Gasteiger partial charge in [0.25, 0.3) is 0 Å². The first kappa shape index (κ1) is 16.1. The maximum atomic E-state index is 11.8. The number of hydrogen-bond acceptors (Lipinski definition) is 5. The molecule has 1 fully saturated rings. The first-order chi connectivity index (χ1) is 9.47. The van der Waals surface area contributed by atoms with E-state index in [2.05, 4.69) is 15.9 Å². The predicted molar refractivity (Wildman–Crippen MR) is 87.2 cm³/mol. The van der Waals surface area contributed by atoms with E-state index in [4.69, 9.17) is 4.74 Å². The molecular formula is C13H18BrNO3S2. The van der Waals surface area contributed by atoms with Crippen molar-refractivity contribution in [3.05, 3.63) is 28.7 Å². The van der Waals surface area contributed by atoms with Crippen LogP contribution in [0.2, 0.25) is 0 Å². The Morgan fingerprint density at radius 1 is 1.50 bits per heavy atom. The van der Waals surface area contributed by atoms with Crippen molar-refractivity contribution in [1.82, 2.24) is 4.90 Å². The lowest BCUT2D eigenvalue weighted by Crippen LogP contribution is -2.48. The zero-order valence-electron chi connectivity index (χ0n) is 11.3. The van der Waals surface area contributed by atoms with Gasteiger partial charge in [-0.25, -0.2) is 8.42 Å². The number of thioether (sulfide) groups is 1. The lowest BCUT2D eigenvalue weighted by Gasteiger charge is -2.33. The number of rotatable bonds is 5. The van der Waals surface area contributed by atoms with Crippen molar-refractivity contribution < 1.29 is 13.2 Å². The van der Waals surface area contributed by atoms with Crippen molar-refractivity contribution in [3.8, 4) is 5.75 Å². The monoisotopic (exact) mass is 379 g/mol. The molecule has 2 rings (SSSR count). The van der Waals surface area contributed by atoms with Gasteiger partial charge in [-0.05, 0) is 18.2 Å². The molecule has 0 aromatic heterocycles. The van der Waals surface area contributed by atoms with Gasteiger partial charge in [-0.3, -0.25) is 4.90 Å². The second kappa shape index (κ2) is 7.15. The SMILES string of the molecule is CS(=O)(=O)C1CSCCN1CCOc1cccc(Br)c1. The third kappa shape index (κ3) is 4.65. The highest BCUT2D eigenvalue weighted by Crippen LogP contribution is 2.21. The van der Waals surface area contributed by atoms with E-state index < -0.39 is 9.84 Å². The standard InChI is InChI=1S/C13H18BrNO3S2/c1-20(16,17)13-10-19-8-6-15(13)5-7-18-12-4-2-3-11(14)9-12/h2-4,9,13H,5-8,10H2,1H3. The van der Waals surface area contributed by atoms with Crippen molar-refractivity contribution in [1.29, 1.82) is 0 Å². The van der Waals surface area contributed by atoms with Gasteiger partial charge in [0, 0.05) is 35.3 Å². The molecule has 0 saturated carbocycles. The second-order valence-electron chi connectivity index (χ2n) is 4.70. The topological polar surface area (TPSA) is 46.6 Å². The van der Waals surface area contributed by atoms with Gasteiger partial charge in [0.05, 0.1) is 0 Å². The van der Waals surface area contributed by atoms with E-state index in [1.165, 1.54) is 6.26 Å². The average molecular weight is 380 g/mol. The van der Waals surface area contributed by atoms with Crippen LogP contribution in [0.25, 0.3) is 0 Å². The molecule has 0 aliphatic carbocycles. The fraction of sp³-hybridized carbons (Fsp3) is 0.538. The van der Waals surface area contributed by atoms with Gasteiger partial charge in [0.2, 0.25) is 0 Å². The number of halogens is 1. The fourth-order valence-electron chi connectivity index (χ4n) is 2.10. The second-order valence-corrected chi connectivity index (χ2v) is 8.97. The molecule has 20 heavy (non-hydrogen) atoms. The van der Waals surface area contributed by atoms with E-state index >= 15 is 0 Å². The number of nitrogens with zero attached hydrogens (tertiary/aromatic N) is 1. The minimum absolute atomic E-state index is 0.382. The largest absolute Gasteiger partial charge is 0.492 e. The normalized spacial score (nSPS) is 20.8. The summed E-state index contributed by atoms with van der Waals surface area (Å²) >= 11 is 5.09. The van der Waals surface area contributed by atoms with Gasteiger partial charge in [-0.2, -0.15) is 11.8 Å². The highest BCUT2D eigenvalue weighted by molar-refractivity contribution is 9.10. The first-order valence-corrected chi connectivity index (χ1v) is 10.3. The van der Waals surface area contributed by atoms with Gasteiger partial charge >= 0.3 is 0 Å². The molecule has 112 valence electrons. The lowest BCUT2D eigenvalue weighted by molar-refractivity contribution is 0.206. The van der Waals surface area contributed by atoms with Crippen molar-refractivity contribution >= 4 is 37.5 Å². The molecule has 0 radical (unpaired) electrons. The summed E-state index contributed by atoms with van der Waals surface area (Å²) < 4.78 is 30.2. The zero-order chi connectivity index (χ0) is 14.6. The van der Waals surface area contributed by atoms with E-state index in [0.717, 1.165) is 22.5 Å². The molecule has 0 N–H and O–H groups in total. The van der Waals surface area contributed by atoms with Crippen LogP contribution in [0.5, 0.6) is 5.75 Å². The Morgan fingerprint density at radius 3 is 3.00 bits per heavy atom. The Bertz CT molecular complexity index is 550. The van der Waals surface area contributed by atoms with Crippen molar-refractivity contribution in [2.45, 2.75) is 5.37 Å². The molecular weight excluding hydrogens is 362 g/mol. The van der Waals surface area contributed by atoms with Crippen LogP contribution in [0.15, 0.2) is 28.7 Å².